The van der Waals surface area contributed by atoms with Crippen LogP contribution in [-0.4, -0.2) is 23.0 Å². The van der Waals surface area contributed by atoms with Crippen LogP contribution in [0.4, 0.5) is 10.8 Å². The minimum atomic E-state index is -0.914. The Kier molecular flexibility index (Phi) is 4.91. The van der Waals surface area contributed by atoms with E-state index in [1.807, 2.05) is 85.9 Å². The zero-order chi connectivity index (χ0) is 27.0. The highest BCUT2D eigenvalue weighted by Gasteiger charge is 2.68. The lowest BCUT2D eigenvalue weighted by Gasteiger charge is -2.52. The van der Waals surface area contributed by atoms with Gasteiger partial charge in [-0.3, -0.25) is 15.0 Å². The maximum atomic E-state index is 14.4. The fraction of sp³-hybridized carbons (Fsp3) is 0.152. The van der Waals surface area contributed by atoms with Crippen LogP contribution in [0.5, 0.6) is 0 Å². The third kappa shape index (κ3) is 3.04. The van der Waals surface area contributed by atoms with Crippen molar-refractivity contribution in [2.24, 2.45) is 16.9 Å². The lowest BCUT2D eigenvalue weighted by molar-refractivity contribution is -0.122. The van der Waals surface area contributed by atoms with Crippen LogP contribution in [0, 0.1) is 18.8 Å². The number of para-hydroxylation sites is 1. The quantitative estimate of drug-likeness (QED) is 0.166. The number of amides is 2. The van der Waals surface area contributed by atoms with Crippen LogP contribution in [0.2, 0.25) is 0 Å². The van der Waals surface area contributed by atoms with E-state index in [9.17, 15) is 9.59 Å². The minimum absolute atomic E-state index is 0.148. The monoisotopic (exact) mass is 540 g/mol. The molecule has 2 bridgehead atoms. The number of hydrogen-bond donors (Lipinski definition) is 1. The van der Waals surface area contributed by atoms with Gasteiger partial charge in [0.1, 0.15) is 0 Å². The van der Waals surface area contributed by atoms with Crippen molar-refractivity contribution >= 4 is 50.4 Å². The summed E-state index contributed by atoms with van der Waals surface area (Å²) in [6, 6.07) is 32.0. The Morgan fingerprint density at radius 1 is 0.850 bits per heavy atom. The Bertz CT molecular complexity index is 1790. The maximum absolute atomic E-state index is 14.4. The normalized spacial score (nSPS) is 24.4. The molecule has 194 valence electrons. The van der Waals surface area contributed by atoms with Gasteiger partial charge in [0, 0.05) is 12.1 Å². The maximum Gasteiger partial charge on any atom is 0.239 e. The van der Waals surface area contributed by atoms with E-state index in [-0.39, 0.29) is 17.7 Å². The Morgan fingerprint density at radius 2 is 1.50 bits per heavy atom. The molecule has 4 aliphatic rings. The van der Waals surface area contributed by atoms with Crippen molar-refractivity contribution in [2.45, 2.75) is 18.3 Å². The van der Waals surface area contributed by atoms with Crippen molar-refractivity contribution in [1.29, 1.82) is 0 Å². The first-order chi connectivity index (χ1) is 19.6. The molecule has 7 heteroatoms. The molecular formula is C33H24N4O2S. The van der Waals surface area contributed by atoms with Crippen molar-refractivity contribution < 1.29 is 9.59 Å². The molecule has 2 heterocycles. The third-order valence-corrected chi connectivity index (χ3v) is 9.64. The molecule has 1 N–H and O–H groups in total. The summed E-state index contributed by atoms with van der Waals surface area (Å²) in [7, 11) is 0. The zero-order valence-corrected chi connectivity index (χ0v) is 22.4. The summed E-state index contributed by atoms with van der Waals surface area (Å²) in [4.78, 5) is 34.7. The van der Waals surface area contributed by atoms with Crippen LogP contribution < -0.4 is 10.3 Å². The number of aryl methyl sites for hydroxylation is 1. The lowest BCUT2D eigenvalue weighted by Crippen LogP contribution is -2.54. The second-order valence-electron chi connectivity index (χ2n) is 10.7. The number of nitrogens with one attached hydrogen (secondary N) is 1. The van der Waals surface area contributed by atoms with Crippen LogP contribution in [0.1, 0.15) is 33.7 Å². The fourth-order valence-corrected chi connectivity index (χ4v) is 7.92. The molecule has 0 unspecified atom stereocenters. The topological polar surface area (TPSA) is 74.7 Å². The number of anilines is 2. The first-order valence-corrected chi connectivity index (χ1v) is 14.2. The molecule has 9 rings (SSSR count). The summed E-state index contributed by atoms with van der Waals surface area (Å²) in [5.74, 6) is -1.66. The largest absolute Gasteiger partial charge is 0.274 e. The van der Waals surface area contributed by atoms with E-state index >= 15 is 0 Å². The summed E-state index contributed by atoms with van der Waals surface area (Å²) >= 11 is 1.53. The standard InChI is InChI=1S/C33H24N4O2S/c1-19-14-16-20(17-15-19)37-30(38)28-27-21-8-2-4-10-23(21)33(29(28)31(37)39,24-11-5-3-9-22(24)27)18-34-36-32-35-25-12-6-7-13-26(25)40-32/h2-18,27-29H,1H3,(H,35,36)/b34-18-/t27?,28-,29-,33?/m1/s1. The van der Waals surface area contributed by atoms with Gasteiger partial charge in [-0.1, -0.05) is 89.7 Å². The van der Waals surface area contributed by atoms with Gasteiger partial charge in [0.15, 0.2) is 0 Å². The molecule has 0 saturated carbocycles. The van der Waals surface area contributed by atoms with Crippen LogP contribution in [0.15, 0.2) is 102 Å². The fourth-order valence-electron chi connectivity index (χ4n) is 7.11. The van der Waals surface area contributed by atoms with E-state index in [1.165, 1.54) is 16.2 Å². The van der Waals surface area contributed by atoms with E-state index in [2.05, 4.69) is 34.7 Å². The first kappa shape index (κ1) is 23.3. The summed E-state index contributed by atoms with van der Waals surface area (Å²) in [6.07, 6.45) is 1.85. The van der Waals surface area contributed by atoms with Gasteiger partial charge in [0.25, 0.3) is 0 Å². The van der Waals surface area contributed by atoms with Crippen LogP contribution in [0.3, 0.4) is 0 Å². The molecule has 2 atom stereocenters. The van der Waals surface area contributed by atoms with Gasteiger partial charge < -0.3 is 0 Å². The van der Waals surface area contributed by atoms with Gasteiger partial charge in [-0.05, 0) is 53.4 Å². The zero-order valence-electron chi connectivity index (χ0n) is 21.6. The summed E-state index contributed by atoms with van der Waals surface area (Å²) in [5.41, 5.74) is 9.05. The number of imide groups is 1. The van der Waals surface area contributed by atoms with Crippen molar-refractivity contribution in [1.82, 2.24) is 4.98 Å². The van der Waals surface area contributed by atoms with Crippen LogP contribution >= 0.6 is 11.3 Å². The molecule has 6 nitrogen and oxygen atoms in total. The Labute approximate surface area is 235 Å². The second kappa shape index (κ2) is 8.44. The Morgan fingerprint density at radius 3 is 2.20 bits per heavy atom. The van der Waals surface area contributed by atoms with Crippen LogP contribution in [-0.2, 0) is 15.0 Å². The summed E-state index contributed by atoms with van der Waals surface area (Å²) in [5, 5.41) is 5.42. The smallest absolute Gasteiger partial charge is 0.239 e. The van der Waals surface area contributed by atoms with Gasteiger partial charge in [-0.2, -0.15) is 5.10 Å². The molecule has 1 saturated heterocycles. The molecule has 5 aromatic rings. The number of hydrazone groups is 1. The van der Waals surface area contributed by atoms with Crippen molar-refractivity contribution in [3.63, 3.8) is 0 Å². The SMILES string of the molecule is Cc1ccc(N2C(=O)[C@@H]3C4c5ccccc5C(/C=N\Nc5nc6ccccc6s5)(c5ccccc54)[C@H]3C2=O)cc1. The van der Waals surface area contributed by atoms with Crippen molar-refractivity contribution in [3.8, 4) is 0 Å². The highest BCUT2D eigenvalue weighted by molar-refractivity contribution is 7.22. The van der Waals surface area contributed by atoms with Gasteiger partial charge in [-0.25, -0.2) is 9.88 Å². The summed E-state index contributed by atoms with van der Waals surface area (Å²) in [6.45, 7) is 1.99. The third-order valence-electron chi connectivity index (χ3n) is 8.70. The van der Waals surface area contributed by atoms with Crippen molar-refractivity contribution in [2.75, 3.05) is 10.3 Å². The van der Waals surface area contributed by atoms with Gasteiger partial charge in [-0.15, -0.1) is 0 Å². The molecule has 40 heavy (non-hydrogen) atoms. The van der Waals surface area contributed by atoms with E-state index in [1.54, 1.807) is 0 Å². The number of thiazole rings is 1. The average Bonchev–Trinajstić information content (AvgIpc) is 3.52. The predicted molar refractivity (Wildman–Crippen MR) is 158 cm³/mol. The molecule has 3 aliphatic carbocycles. The molecule has 1 aliphatic heterocycles. The van der Waals surface area contributed by atoms with Gasteiger partial charge in [0.2, 0.25) is 16.9 Å². The number of aromatic nitrogens is 1. The molecule has 4 aromatic carbocycles. The molecule has 0 spiro atoms. The number of hydrogen-bond acceptors (Lipinski definition) is 6. The van der Waals surface area contributed by atoms with Gasteiger partial charge >= 0.3 is 0 Å². The van der Waals surface area contributed by atoms with E-state index in [0.29, 0.717) is 10.8 Å². The first-order valence-electron chi connectivity index (χ1n) is 13.4. The average molecular weight is 541 g/mol. The lowest BCUT2D eigenvalue weighted by atomic mass is 9.47. The number of nitrogens with zero attached hydrogens (tertiary/aromatic N) is 3. The predicted octanol–water partition coefficient (Wildman–Crippen LogP) is 6.25. The van der Waals surface area contributed by atoms with E-state index < -0.39 is 17.3 Å². The molecule has 1 aromatic heterocycles. The number of carbonyl (C=O) groups is 2. The molecule has 2 amide bonds. The van der Waals surface area contributed by atoms with Crippen molar-refractivity contribution in [3.05, 3.63) is 125 Å². The number of rotatable bonds is 4. The number of fused-ring (bicyclic) bond motifs is 1. The number of carbonyl (C=O) groups excluding carboxylic acids is 2. The van der Waals surface area contributed by atoms with E-state index in [0.717, 1.165) is 38.0 Å². The Hall–Kier alpha value is -4.62. The highest BCUT2D eigenvalue weighted by atomic mass is 32.1. The highest BCUT2D eigenvalue weighted by Crippen LogP contribution is 2.63. The Balaban J connectivity index is 1.32. The second-order valence-corrected chi connectivity index (χ2v) is 11.8. The minimum Gasteiger partial charge on any atom is -0.274 e. The molecule has 0 radical (unpaired) electrons. The van der Waals surface area contributed by atoms with Crippen LogP contribution in [0.25, 0.3) is 10.2 Å². The van der Waals surface area contributed by atoms with E-state index in [4.69, 9.17) is 5.10 Å². The number of benzene rings is 4. The molecular weight excluding hydrogens is 516 g/mol. The molecule has 1 fully saturated rings. The summed E-state index contributed by atoms with van der Waals surface area (Å²) < 4.78 is 1.07. The van der Waals surface area contributed by atoms with Gasteiger partial charge in [0.05, 0.1) is 33.2 Å².